The van der Waals surface area contributed by atoms with Gasteiger partial charge in [0.1, 0.15) is 11.4 Å². The number of hydrogen-bond acceptors (Lipinski definition) is 4. The molecule has 2 aromatic carbocycles. The van der Waals surface area contributed by atoms with E-state index in [0.717, 1.165) is 50.5 Å². The van der Waals surface area contributed by atoms with E-state index in [0.29, 0.717) is 44.1 Å². The third-order valence-corrected chi connectivity index (χ3v) is 7.88. The minimum atomic E-state index is -0.502. The topological polar surface area (TPSA) is 63.6 Å². The number of carbonyl (C=O) groups is 1. The van der Waals surface area contributed by atoms with Gasteiger partial charge in [-0.2, -0.15) is 0 Å². The number of nitrogens with zero attached hydrogens (tertiary/aromatic N) is 2. The molecule has 37 heavy (non-hydrogen) atoms. The van der Waals surface area contributed by atoms with Gasteiger partial charge >= 0.3 is 0 Å². The lowest BCUT2D eigenvalue weighted by atomic mass is 9.76. The van der Waals surface area contributed by atoms with Crippen molar-refractivity contribution >= 4 is 22.5 Å². The number of rotatable bonds is 7. The lowest BCUT2D eigenvalue weighted by Crippen LogP contribution is -2.48. The number of nitrogens with one attached hydrogen (secondary N) is 1. The Labute approximate surface area is 217 Å². The molecule has 0 spiro atoms. The molecule has 0 bridgehead atoms. The summed E-state index contributed by atoms with van der Waals surface area (Å²) < 4.78 is 22.7. The molecule has 2 fully saturated rings. The summed E-state index contributed by atoms with van der Waals surface area (Å²) in [4.78, 5) is 29.3. The maximum absolute atomic E-state index is 15.3. The summed E-state index contributed by atoms with van der Waals surface area (Å²) >= 11 is 0. The number of hydrogen-bond donors (Lipinski definition) is 1. The van der Waals surface area contributed by atoms with Crippen LogP contribution >= 0.6 is 0 Å². The van der Waals surface area contributed by atoms with E-state index in [1.54, 1.807) is 12.3 Å². The third-order valence-electron chi connectivity index (χ3n) is 7.88. The lowest BCUT2D eigenvalue weighted by molar-refractivity contribution is 0.0864. The summed E-state index contributed by atoms with van der Waals surface area (Å²) in [5.74, 6) is -0.834. The van der Waals surface area contributed by atoms with Gasteiger partial charge in [-0.3, -0.25) is 9.59 Å². The van der Waals surface area contributed by atoms with Gasteiger partial charge in [0, 0.05) is 31.2 Å². The van der Waals surface area contributed by atoms with Crippen LogP contribution in [0.25, 0.3) is 10.9 Å². The molecule has 0 unspecified atom stereocenters. The molecule has 0 radical (unpaired) electrons. The molecule has 1 aliphatic carbocycles. The van der Waals surface area contributed by atoms with Crippen molar-refractivity contribution in [2.45, 2.75) is 64.0 Å². The van der Waals surface area contributed by atoms with Crippen molar-refractivity contribution in [3.05, 3.63) is 75.8 Å². The summed E-state index contributed by atoms with van der Waals surface area (Å²) in [6.45, 7) is 5.04. The smallest absolute Gasteiger partial charge is 0.257 e. The molecule has 3 aromatic rings. The minimum absolute atomic E-state index is 0.0722. The van der Waals surface area contributed by atoms with Gasteiger partial charge in [-0.25, -0.2) is 4.39 Å². The number of halogens is 1. The number of aromatic nitrogens is 1. The van der Waals surface area contributed by atoms with Crippen molar-refractivity contribution in [3.8, 4) is 0 Å². The fourth-order valence-corrected chi connectivity index (χ4v) is 5.80. The summed E-state index contributed by atoms with van der Waals surface area (Å²) in [5, 5.41) is 3.51. The SMILES string of the molecule is CCCCn1cc(C(=O)NC2(c3ccccc3)CCCCC2)c(=O)c2cc(F)c(N3CCOCC3)cc21. The summed E-state index contributed by atoms with van der Waals surface area (Å²) in [6, 6.07) is 13.1. The second-order valence-electron chi connectivity index (χ2n) is 10.3. The Hall–Kier alpha value is -3.19. The Morgan fingerprint density at radius 3 is 2.51 bits per heavy atom. The average molecular weight is 506 g/mol. The molecule has 196 valence electrons. The number of benzene rings is 2. The van der Waals surface area contributed by atoms with Crippen LogP contribution in [0.2, 0.25) is 0 Å². The highest BCUT2D eigenvalue weighted by atomic mass is 19.1. The maximum atomic E-state index is 15.3. The fourth-order valence-electron chi connectivity index (χ4n) is 5.80. The van der Waals surface area contributed by atoms with Crippen LogP contribution in [0.4, 0.5) is 10.1 Å². The van der Waals surface area contributed by atoms with Gasteiger partial charge < -0.3 is 19.5 Å². The molecule has 5 rings (SSSR count). The quantitative estimate of drug-likeness (QED) is 0.469. The Balaban J connectivity index is 1.57. The first-order chi connectivity index (χ1) is 18.0. The van der Waals surface area contributed by atoms with E-state index < -0.39 is 16.8 Å². The van der Waals surface area contributed by atoms with E-state index in [9.17, 15) is 9.59 Å². The number of morpholine rings is 1. The molecule has 2 aliphatic rings. The highest BCUT2D eigenvalue weighted by molar-refractivity contribution is 5.98. The molecule has 7 heteroatoms. The zero-order valence-corrected chi connectivity index (χ0v) is 21.6. The normalized spacial score (nSPS) is 17.6. The van der Waals surface area contributed by atoms with Gasteiger partial charge in [-0.1, -0.05) is 62.9 Å². The summed E-state index contributed by atoms with van der Waals surface area (Å²) in [5.41, 5.74) is 1.35. The first kappa shape index (κ1) is 25.5. The van der Waals surface area contributed by atoms with Crippen LogP contribution in [-0.4, -0.2) is 36.8 Å². The number of unbranched alkanes of at least 4 members (excludes halogenated alkanes) is 1. The number of ether oxygens (including phenoxy) is 1. The van der Waals surface area contributed by atoms with Crippen LogP contribution in [0.15, 0.2) is 53.5 Å². The number of anilines is 1. The summed E-state index contributed by atoms with van der Waals surface area (Å²) in [6.07, 6.45) is 8.36. The molecule has 1 aliphatic heterocycles. The second-order valence-corrected chi connectivity index (χ2v) is 10.3. The predicted octanol–water partition coefficient (Wildman–Crippen LogP) is 5.37. The van der Waals surface area contributed by atoms with Gasteiger partial charge in [-0.05, 0) is 37.0 Å². The molecule has 2 heterocycles. The Kier molecular flexibility index (Phi) is 7.60. The molecule has 1 N–H and O–H groups in total. The van der Waals surface area contributed by atoms with Gasteiger partial charge in [0.2, 0.25) is 5.43 Å². The van der Waals surface area contributed by atoms with Crippen molar-refractivity contribution in [2.24, 2.45) is 0 Å². The van der Waals surface area contributed by atoms with Crippen LogP contribution in [0.1, 0.15) is 67.8 Å². The predicted molar refractivity (Wildman–Crippen MR) is 145 cm³/mol. The van der Waals surface area contributed by atoms with E-state index in [-0.39, 0.29) is 16.9 Å². The maximum Gasteiger partial charge on any atom is 0.257 e. The molecular formula is C30H36FN3O3. The number of aryl methyl sites for hydroxylation is 1. The molecule has 0 atom stereocenters. The highest BCUT2D eigenvalue weighted by Gasteiger charge is 2.36. The zero-order chi connectivity index (χ0) is 25.8. The molecule has 1 saturated heterocycles. The average Bonchev–Trinajstić information content (AvgIpc) is 2.94. The Bertz CT molecular complexity index is 1310. The van der Waals surface area contributed by atoms with Crippen LogP contribution in [0.3, 0.4) is 0 Å². The van der Waals surface area contributed by atoms with E-state index in [1.165, 1.54) is 6.07 Å². The molecule has 1 saturated carbocycles. The van der Waals surface area contributed by atoms with Crippen LogP contribution in [-0.2, 0) is 16.8 Å². The largest absolute Gasteiger partial charge is 0.378 e. The van der Waals surface area contributed by atoms with Gasteiger partial charge in [0.25, 0.3) is 5.91 Å². The summed E-state index contributed by atoms with van der Waals surface area (Å²) in [7, 11) is 0. The van der Waals surface area contributed by atoms with Gasteiger partial charge in [0.15, 0.2) is 0 Å². The number of pyridine rings is 1. The van der Waals surface area contributed by atoms with Crippen LogP contribution in [0.5, 0.6) is 0 Å². The lowest BCUT2D eigenvalue weighted by Gasteiger charge is -2.38. The van der Waals surface area contributed by atoms with Crippen LogP contribution < -0.4 is 15.6 Å². The zero-order valence-electron chi connectivity index (χ0n) is 21.6. The number of amides is 1. The van der Waals surface area contributed by atoms with Crippen molar-refractivity contribution < 1.29 is 13.9 Å². The molecule has 6 nitrogen and oxygen atoms in total. The van der Waals surface area contributed by atoms with Crippen molar-refractivity contribution in [3.63, 3.8) is 0 Å². The van der Waals surface area contributed by atoms with Gasteiger partial charge in [-0.15, -0.1) is 0 Å². The molecule has 1 aromatic heterocycles. The van der Waals surface area contributed by atoms with E-state index in [4.69, 9.17) is 4.74 Å². The molecular weight excluding hydrogens is 469 g/mol. The number of fused-ring (bicyclic) bond motifs is 1. The van der Waals surface area contributed by atoms with Crippen LogP contribution in [0, 0.1) is 5.82 Å². The second kappa shape index (κ2) is 11.1. The Morgan fingerprint density at radius 1 is 1.08 bits per heavy atom. The highest BCUT2D eigenvalue weighted by Crippen LogP contribution is 2.37. The van der Waals surface area contributed by atoms with E-state index in [1.807, 2.05) is 39.8 Å². The first-order valence-electron chi connectivity index (χ1n) is 13.6. The fraction of sp³-hybridized carbons (Fsp3) is 0.467. The monoisotopic (exact) mass is 505 g/mol. The minimum Gasteiger partial charge on any atom is -0.378 e. The Morgan fingerprint density at radius 2 is 1.81 bits per heavy atom. The third kappa shape index (κ3) is 5.14. The van der Waals surface area contributed by atoms with Crippen molar-refractivity contribution in [2.75, 3.05) is 31.2 Å². The van der Waals surface area contributed by atoms with Gasteiger partial charge in [0.05, 0.1) is 30.0 Å². The van der Waals surface area contributed by atoms with E-state index >= 15 is 4.39 Å². The van der Waals surface area contributed by atoms with Crippen molar-refractivity contribution in [1.82, 2.24) is 9.88 Å². The standard InChI is InChI=1S/C30H36FN3O3/c1-2-3-14-34-21-24(29(36)32-30(12-8-5-9-13-30)22-10-6-4-7-11-22)28(35)23-19-25(31)27(20-26(23)34)33-15-17-37-18-16-33/h4,6-7,10-11,19-21H,2-3,5,8-9,12-18H2,1H3,(H,32,36). The van der Waals surface area contributed by atoms with Crippen molar-refractivity contribution in [1.29, 1.82) is 0 Å². The number of carbonyl (C=O) groups excluding carboxylic acids is 1. The first-order valence-corrected chi connectivity index (χ1v) is 13.6. The molecule has 1 amide bonds. The van der Waals surface area contributed by atoms with E-state index in [2.05, 4.69) is 12.2 Å².